The van der Waals surface area contributed by atoms with E-state index in [0.717, 1.165) is 42.6 Å². The number of hydrogen-bond acceptors (Lipinski definition) is 3. The summed E-state index contributed by atoms with van der Waals surface area (Å²) in [7, 11) is 0. The highest BCUT2D eigenvalue weighted by molar-refractivity contribution is 5.90. The van der Waals surface area contributed by atoms with Crippen LogP contribution in [0.25, 0.3) is 11.1 Å². The Morgan fingerprint density at radius 2 is 1.20 bits per heavy atom. The van der Waals surface area contributed by atoms with Gasteiger partial charge in [0.2, 0.25) is 0 Å². The molecule has 4 nitrogen and oxygen atoms in total. The van der Waals surface area contributed by atoms with Gasteiger partial charge in [-0.2, -0.15) is 0 Å². The number of carbonyl (C=O) groups is 1. The van der Waals surface area contributed by atoms with Gasteiger partial charge in [-0.1, -0.05) is 184 Å². The van der Waals surface area contributed by atoms with Crippen LogP contribution in [0.5, 0.6) is 0 Å². The molecule has 2 aromatic rings. The lowest BCUT2D eigenvalue weighted by Crippen LogP contribution is -2.30. The Kier molecular flexibility index (Phi) is 20.3. The summed E-state index contributed by atoms with van der Waals surface area (Å²) in [6, 6.07) is 17.1. The zero-order valence-corrected chi connectivity index (χ0v) is 31.4. The van der Waals surface area contributed by atoms with Crippen LogP contribution in [0.4, 0.5) is 0 Å². The van der Waals surface area contributed by atoms with Crippen molar-refractivity contribution >= 4 is 5.97 Å². The zero-order chi connectivity index (χ0) is 35.0. The van der Waals surface area contributed by atoms with E-state index < -0.39 is 11.6 Å². The third-order valence-electron chi connectivity index (χ3n) is 10.2. The summed E-state index contributed by atoms with van der Waals surface area (Å²) in [5.74, 6) is -0.900. The van der Waals surface area contributed by atoms with E-state index in [2.05, 4.69) is 63.2 Å². The van der Waals surface area contributed by atoms with Gasteiger partial charge in [0.05, 0.1) is 11.7 Å². The second-order valence-corrected chi connectivity index (χ2v) is 14.3. The average Bonchev–Trinajstić information content (AvgIpc) is 3.13. The minimum atomic E-state index is -0.900. The normalized spacial score (nSPS) is 16.5. The first-order chi connectivity index (χ1) is 24.0. The van der Waals surface area contributed by atoms with Crippen LogP contribution in [-0.2, 0) is 19.9 Å². The summed E-state index contributed by atoms with van der Waals surface area (Å²) in [5.41, 5.74) is 4.12. The summed E-state index contributed by atoms with van der Waals surface area (Å²) in [5, 5.41) is 9.56. The molecule has 272 valence electrons. The fourth-order valence-corrected chi connectivity index (χ4v) is 6.99. The van der Waals surface area contributed by atoms with E-state index in [1.54, 1.807) is 12.2 Å². The third-order valence-corrected chi connectivity index (χ3v) is 10.2. The molecule has 0 radical (unpaired) electrons. The van der Waals surface area contributed by atoms with Crippen LogP contribution in [0.15, 0.2) is 72.3 Å². The molecule has 0 spiro atoms. The Balaban J connectivity index is 1.40. The van der Waals surface area contributed by atoms with Gasteiger partial charge in [0.15, 0.2) is 0 Å². The smallest absolute Gasteiger partial charge is 0.335 e. The average molecular weight is 673 g/mol. The molecule has 2 atom stereocenters. The molecule has 0 aromatic heterocycles. The molecule has 2 aromatic carbocycles. The molecule has 0 saturated heterocycles. The van der Waals surface area contributed by atoms with E-state index in [1.165, 1.54) is 115 Å². The van der Waals surface area contributed by atoms with Gasteiger partial charge in [-0.15, -0.1) is 0 Å². The van der Waals surface area contributed by atoms with Crippen molar-refractivity contribution in [2.45, 2.75) is 167 Å². The zero-order valence-electron chi connectivity index (χ0n) is 31.4. The molecule has 49 heavy (non-hydrogen) atoms. The summed E-state index contributed by atoms with van der Waals surface area (Å²) < 4.78 is 12.9. The highest BCUT2D eigenvalue weighted by Gasteiger charge is 2.34. The monoisotopic (exact) mass is 673 g/mol. The standard InChI is InChI=1S/C45H68O4/c1-4-6-8-10-11-12-13-14-15-16-17-18-19-20-21-24-36-48-38(3)39-28-30-40(31-29-39)42-26-22-23-27-43(42)45(49-37-25-9-7-5-2)34-32-41(33-35-45)44(46)47/h22-23,26-34,38H,4-21,24-25,35-37H2,1-3H3,(H,46,47). The molecule has 0 amide bonds. The maximum Gasteiger partial charge on any atom is 0.335 e. The van der Waals surface area contributed by atoms with Crippen molar-refractivity contribution < 1.29 is 19.4 Å². The summed E-state index contributed by atoms with van der Waals surface area (Å²) in [6.45, 7) is 8.09. The summed E-state index contributed by atoms with van der Waals surface area (Å²) >= 11 is 0. The second kappa shape index (κ2) is 24.5. The Bertz CT molecular complexity index is 1230. The molecule has 1 N–H and O–H groups in total. The molecule has 4 heteroatoms. The number of unbranched alkanes of at least 4 members (excludes halogenated alkanes) is 18. The fraction of sp³-hybridized carbons (Fsp3) is 0.622. The highest BCUT2D eigenvalue weighted by Crippen LogP contribution is 2.41. The van der Waals surface area contributed by atoms with E-state index in [0.29, 0.717) is 18.6 Å². The fourth-order valence-electron chi connectivity index (χ4n) is 6.99. The van der Waals surface area contributed by atoms with Crippen molar-refractivity contribution in [2.24, 2.45) is 0 Å². The topological polar surface area (TPSA) is 55.8 Å². The van der Waals surface area contributed by atoms with E-state index in [4.69, 9.17) is 9.47 Å². The van der Waals surface area contributed by atoms with E-state index in [9.17, 15) is 9.90 Å². The van der Waals surface area contributed by atoms with Gasteiger partial charge >= 0.3 is 5.97 Å². The summed E-state index contributed by atoms with van der Waals surface area (Å²) in [6.07, 6.45) is 32.6. The molecule has 2 unspecified atom stereocenters. The molecule has 0 bridgehead atoms. The molecule has 0 fully saturated rings. The van der Waals surface area contributed by atoms with Gasteiger partial charge in [0, 0.05) is 19.6 Å². The number of ether oxygens (including phenoxy) is 2. The number of hydrogen-bond donors (Lipinski definition) is 1. The van der Waals surface area contributed by atoms with Gasteiger partial charge in [-0.3, -0.25) is 0 Å². The number of carboxylic acid groups (broad SMARTS) is 1. The molecular formula is C45H68O4. The predicted molar refractivity (Wildman–Crippen MR) is 207 cm³/mol. The highest BCUT2D eigenvalue weighted by atomic mass is 16.5. The maximum absolute atomic E-state index is 11.7. The van der Waals surface area contributed by atoms with Crippen LogP contribution in [0, 0.1) is 0 Å². The van der Waals surface area contributed by atoms with Crippen LogP contribution in [0.3, 0.4) is 0 Å². The molecule has 0 aliphatic heterocycles. The molecule has 0 saturated carbocycles. The van der Waals surface area contributed by atoms with Gasteiger partial charge in [0.25, 0.3) is 0 Å². The first-order valence-corrected chi connectivity index (χ1v) is 20.1. The minimum Gasteiger partial charge on any atom is -0.478 e. The Labute approximate surface area is 299 Å². The van der Waals surface area contributed by atoms with Crippen LogP contribution in [0.1, 0.15) is 173 Å². The number of rotatable bonds is 28. The van der Waals surface area contributed by atoms with Gasteiger partial charge in [-0.25, -0.2) is 4.79 Å². The van der Waals surface area contributed by atoms with Crippen molar-refractivity contribution in [3.8, 4) is 11.1 Å². The lowest BCUT2D eigenvalue weighted by atomic mass is 9.81. The first kappa shape index (κ1) is 40.7. The van der Waals surface area contributed by atoms with Crippen molar-refractivity contribution in [3.63, 3.8) is 0 Å². The molecule has 0 heterocycles. The second-order valence-electron chi connectivity index (χ2n) is 14.3. The van der Waals surface area contributed by atoms with Gasteiger partial charge in [-0.05, 0) is 54.2 Å². The number of aliphatic carboxylic acids is 1. The van der Waals surface area contributed by atoms with E-state index in [1.807, 2.05) is 12.1 Å². The maximum atomic E-state index is 11.7. The van der Waals surface area contributed by atoms with Crippen LogP contribution in [0.2, 0.25) is 0 Å². The van der Waals surface area contributed by atoms with Crippen LogP contribution in [-0.4, -0.2) is 24.3 Å². The molecule has 1 aliphatic carbocycles. The molecule has 3 rings (SSSR count). The Morgan fingerprint density at radius 1 is 0.694 bits per heavy atom. The predicted octanol–water partition coefficient (Wildman–Crippen LogP) is 13.5. The van der Waals surface area contributed by atoms with Crippen LogP contribution >= 0.6 is 0 Å². The molecule has 1 aliphatic rings. The quantitative estimate of drug-likeness (QED) is 0.0914. The molecular weight excluding hydrogens is 604 g/mol. The first-order valence-electron chi connectivity index (χ1n) is 20.1. The van der Waals surface area contributed by atoms with E-state index >= 15 is 0 Å². The summed E-state index contributed by atoms with van der Waals surface area (Å²) in [4.78, 5) is 11.7. The van der Waals surface area contributed by atoms with Crippen LogP contribution < -0.4 is 0 Å². The lowest BCUT2D eigenvalue weighted by Gasteiger charge is -2.34. The Morgan fingerprint density at radius 3 is 1.73 bits per heavy atom. The largest absolute Gasteiger partial charge is 0.478 e. The lowest BCUT2D eigenvalue weighted by molar-refractivity contribution is -0.132. The number of benzene rings is 2. The van der Waals surface area contributed by atoms with Crippen molar-refractivity contribution in [1.82, 2.24) is 0 Å². The third kappa shape index (κ3) is 15.0. The van der Waals surface area contributed by atoms with Gasteiger partial charge < -0.3 is 14.6 Å². The van der Waals surface area contributed by atoms with E-state index in [-0.39, 0.29) is 6.10 Å². The van der Waals surface area contributed by atoms with Crippen molar-refractivity contribution in [1.29, 1.82) is 0 Å². The number of carboxylic acids is 1. The Hall–Kier alpha value is -2.69. The van der Waals surface area contributed by atoms with Crippen molar-refractivity contribution in [2.75, 3.05) is 13.2 Å². The van der Waals surface area contributed by atoms with Gasteiger partial charge in [0.1, 0.15) is 5.60 Å². The minimum absolute atomic E-state index is 0.0549. The van der Waals surface area contributed by atoms with Crippen molar-refractivity contribution in [3.05, 3.63) is 83.5 Å². The SMILES string of the molecule is CCCCCCCCCCCCCCCCCCOC(C)c1ccc(-c2ccccc2C2(OCCCCCC)C=CC(C(=O)O)=CC2)cc1.